The van der Waals surface area contributed by atoms with E-state index < -0.39 is 0 Å². The highest BCUT2D eigenvalue weighted by molar-refractivity contribution is 5.79. The summed E-state index contributed by atoms with van der Waals surface area (Å²) in [5, 5.41) is 6.95. The molecule has 0 bridgehead atoms. The average Bonchev–Trinajstić information content (AvgIpc) is 3.27. The third kappa shape index (κ3) is 5.76. The van der Waals surface area contributed by atoms with Crippen molar-refractivity contribution in [3.05, 3.63) is 54.4 Å². The molecule has 1 aromatic heterocycles. The number of likely N-dealkylation sites (tertiary alicyclic amines) is 1. The molecule has 0 aliphatic carbocycles. The van der Waals surface area contributed by atoms with Crippen LogP contribution >= 0.6 is 0 Å². The van der Waals surface area contributed by atoms with E-state index in [4.69, 9.17) is 4.74 Å². The van der Waals surface area contributed by atoms with Crippen LogP contribution < -0.4 is 15.4 Å². The zero-order valence-electron chi connectivity index (χ0n) is 17.1. The van der Waals surface area contributed by atoms with Gasteiger partial charge in [0.2, 0.25) is 0 Å². The Labute approximate surface area is 168 Å². The molecule has 1 aliphatic rings. The molecule has 1 aromatic carbocycles. The van der Waals surface area contributed by atoms with Crippen LogP contribution in [0.1, 0.15) is 30.9 Å². The second-order valence-corrected chi connectivity index (χ2v) is 7.19. The largest absolute Gasteiger partial charge is 0.497 e. The second kappa shape index (κ2) is 10.8. The molecule has 2 N–H and O–H groups in total. The van der Waals surface area contributed by atoms with Crippen molar-refractivity contribution in [1.29, 1.82) is 0 Å². The van der Waals surface area contributed by atoms with Crippen molar-refractivity contribution in [1.82, 2.24) is 20.1 Å². The Kier molecular flexibility index (Phi) is 7.79. The molecule has 1 fully saturated rings. The molecule has 6 nitrogen and oxygen atoms in total. The first-order valence-corrected chi connectivity index (χ1v) is 10.2. The van der Waals surface area contributed by atoms with Crippen molar-refractivity contribution >= 4 is 5.96 Å². The van der Waals surface area contributed by atoms with Crippen molar-refractivity contribution in [2.75, 3.05) is 40.3 Å². The summed E-state index contributed by atoms with van der Waals surface area (Å²) in [6.45, 7) is 4.89. The number of nitrogens with one attached hydrogen (secondary N) is 2. The van der Waals surface area contributed by atoms with Crippen LogP contribution in [0.25, 0.3) is 0 Å². The summed E-state index contributed by atoms with van der Waals surface area (Å²) in [5.41, 5.74) is 1.32. The number of rotatable bonds is 8. The number of ether oxygens (including phenoxy) is 1. The second-order valence-electron chi connectivity index (χ2n) is 7.19. The molecule has 6 heteroatoms. The van der Waals surface area contributed by atoms with Gasteiger partial charge in [-0.3, -0.25) is 9.89 Å². The van der Waals surface area contributed by atoms with Crippen molar-refractivity contribution in [3.63, 3.8) is 0 Å². The lowest BCUT2D eigenvalue weighted by Gasteiger charge is -2.35. The number of hydrogen-bond donors (Lipinski definition) is 2. The van der Waals surface area contributed by atoms with Gasteiger partial charge in [-0.05, 0) is 55.8 Å². The predicted molar refractivity (Wildman–Crippen MR) is 115 cm³/mol. The Morgan fingerprint density at radius 2 is 1.79 bits per heavy atom. The van der Waals surface area contributed by atoms with E-state index in [1.54, 1.807) is 7.11 Å². The highest BCUT2D eigenvalue weighted by atomic mass is 16.5. The van der Waals surface area contributed by atoms with Crippen molar-refractivity contribution in [2.45, 2.75) is 31.8 Å². The van der Waals surface area contributed by atoms with Crippen molar-refractivity contribution < 1.29 is 4.74 Å². The van der Waals surface area contributed by atoms with Crippen LogP contribution in [0.5, 0.6) is 5.75 Å². The maximum absolute atomic E-state index is 5.32. The average molecular weight is 384 g/mol. The lowest BCUT2D eigenvalue weighted by Crippen LogP contribution is -2.45. The van der Waals surface area contributed by atoms with Gasteiger partial charge in [-0.2, -0.15) is 0 Å². The Bertz CT molecular complexity index is 705. The van der Waals surface area contributed by atoms with E-state index in [-0.39, 0.29) is 0 Å². The predicted octanol–water partition coefficient (Wildman–Crippen LogP) is 2.89. The minimum absolute atomic E-state index is 0.328. The molecule has 0 spiro atoms. The molecule has 1 atom stereocenters. The third-order valence-corrected chi connectivity index (χ3v) is 5.35. The summed E-state index contributed by atoms with van der Waals surface area (Å²) < 4.78 is 7.49. The van der Waals surface area contributed by atoms with Crippen LogP contribution in [0.2, 0.25) is 0 Å². The fourth-order valence-corrected chi connectivity index (χ4v) is 3.75. The first-order chi connectivity index (χ1) is 13.8. The third-order valence-electron chi connectivity index (χ3n) is 5.35. The lowest BCUT2D eigenvalue weighted by atomic mass is 10.0. The number of aromatic nitrogens is 1. The van der Waals surface area contributed by atoms with E-state index in [1.807, 2.05) is 19.2 Å². The fourth-order valence-electron chi connectivity index (χ4n) is 3.75. The molecule has 152 valence electrons. The van der Waals surface area contributed by atoms with Crippen LogP contribution in [-0.2, 0) is 6.54 Å². The Hall–Kier alpha value is -2.47. The zero-order chi connectivity index (χ0) is 19.6. The molecule has 1 unspecified atom stereocenters. The summed E-state index contributed by atoms with van der Waals surface area (Å²) in [6, 6.07) is 12.9. The molecule has 0 amide bonds. The molecule has 1 aliphatic heterocycles. The topological polar surface area (TPSA) is 53.8 Å². The van der Waals surface area contributed by atoms with E-state index in [0.717, 1.165) is 44.4 Å². The molecule has 0 radical (unpaired) electrons. The lowest BCUT2D eigenvalue weighted by molar-refractivity contribution is 0.164. The number of nitrogens with zero attached hydrogens (tertiary/aromatic N) is 3. The highest BCUT2D eigenvalue weighted by Gasteiger charge is 2.22. The SMILES string of the molecule is CN=C(NCCn1cccc1)NCC(c1ccc(OC)cc1)N1CCCCC1. The molecule has 28 heavy (non-hydrogen) atoms. The maximum Gasteiger partial charge on any atom is 0.191 e. The van der Waals surface area contributed by atoms with Gasteiger partial charge in [0, 0.05) is 39.1 Å². The van der Waals surface area contributed by atoms with Crippen molar-refractivity contribution in [2.24, 2.45) is 4.99 Å². The summed E-state index contributed by atoms with van der Waals surface area (Å²) >= 11 is 0. The highest BCUT2D eigenvalue weighted by Crippen LogP contribution is 2.25. The molecule has 2 aromatic rings. The first-order valence-electron chi connectivity index (χ1n) is 10.2. The number of methoxy groups -OCH3 is 1. The maximum atomic E-state index is 5.32. The number of benzene rings is 1. The summed E-state index contributed by atoms with van der Waals surface area (Å²) in [7, 11) is 3.54. The van der Waals surface area contributed by atoms with Crippen LogP contribution in [0.15, 0.2) is 53.8 Å². The summed E-state index contributed by atoms with van der Waals surface area (Å²) in [5.74, 6) is 1.75. The van der Waals surface area contributed by atoms with Gasteiger partial charge >= 0.3 is 0 Å². The van der Waals surface area contributed by atoms with E-state index in [0.29, 0.717) is 6.04 Å². The monoisotopic (exact) mass is 383 g/mol. The Morgan fingerprint density at radius 3 is 2.43 bits per heavy atom. The van der Waals surface area contributed by atoms with Crippen LogP contribution in [0, 0.1) is 0 Å². The molecule has 0 saturated carbocycles. The number of hydrogen-bond acceptors (Lipinski definition) is 3. The van der Waals surface area contributed by atoms with Gasteiger partial charge < -0.3 is 19.9 Å². The zero-order valence-corrected chi connectivity index (χ0v) is 17.1. The number of piperidine rings is 1. The van der Waals surface area contributed by atoms with Gasteiger partial charge in [-0.25, -0.2) is 0 Å². The number of guanidine groups is 1. The molecule has 1 saturated heterocycles. The van der Waals surface area contributed by atoms with Crippen LogP contribution in [-0.4, -0.2) is 55.8 Å². The van der Waals surface area contributed by atoms with Gasteiger partial charge in [0.05, 0.1) is 13.2 Å². The molecular weight excluding hydrogens is 350 g/mol. The normalized spacial score (nSPS) is 16.6. The smallest absolute Gasteiger partial charge is 0.191 e. The summed E-state index contributed by atoms with van der Waals surface area (Å²) in [4.78, 5) is 6.98. The molecular formula is C22H33N5O. The Morgan fingerprint density at radius 1 is 1.07 bits per heavy atom. The van der Waals surface area contributed by atoms with Gasteiger partial charge in [-0.1, -0.05) is 18.6 Å². The number of aliphatic imine (C=N–C) groups is 1. The minimum atomic E-state index is 0.328. The van der Waals surface area contributed by atoms with Gasteiger partial charge in [0.15, 0.2) is 5.96 Å². The van der Waals surface area contributed by atoms with E-state index in [2.05, 4.69) is 61.8 Å². The fraction of sp³-hybridized carbons (Fsp3) is 0.500. The van der Waals surface area contributed by atoms with Gasteiger partial charge in [0.25, 0.3) is 0 Å². The van der Waals surface area contributed by atoms with E-state index in [1.165, 1.54) is 24.8 Å². The summed E-state index contributed by atoms with van der Waals surface area (Å²) in [6.07, 6.45) is 8.04. The standard InChI is InChI=1S/C22H33N5O/c1-23-22(24-12-17-26-13-6-7-14-26)25-18-21(27-15-4-3-5-16-27)19-8-10-20(28-2)11-9-19/h6-11,13-14,21H,3-5,12,15-18H2,1-2H3,(H2,23,24,25). The van der Waals surface area contributed by atoms with Crippen LogP contribution in [0.3, 0.4) is 0 Å². The van der Waals surface area contributed by atoms with E-state index >= 15 is 0 Å². The van der Waals surface area contributed by atoms with Gasteiger partial charge in [0.1, 0.15) is 5.75 Å². The minimum Gasteiger partial charge on any atom is -0.497 e. The molecule has 3 rings (SSSR count). The quantitative estimate of drug-likeness (QED) is 0.544. The van der Waals surface area contributed by atoms with Crippen LogP contribution in [0.4, 0.5) is 0 Å². The van der Waals surface area contributed by atoms with Crippen molar-refractivity contribution in [3.8, 4) is 5.75 Å². The van der Waals surface area contributed by atoms with Gasteiger partial charge in [-0.15, -0.1) is 0 Å². The Balaban J connectivity index is 1.59. The first kappa shape index (κ1) is 20.3. The molecule has 2 heterocycles. The van der Waals surface area contributed by atoms with E-state index in [9.17, 15) is 0 Å².